The van der Waals surface area contributed by atoms with Crippen molar-refractivity contribution in [2.45, 2.75) is 18.8 Å². The Morgan fingerprint density at radius 3 is 1.69 bits per heavy atom. The maximum absolute atomic E-state index is 12.9. The molecule has 3 aromatic carbocycles. The van der Waals surface area contributed by atoms with E-state index in [-0.39, 0.29) is 17.7 Å². The summed E-state index contributed by atoms with van der Waals surface area (Å²) in [5.74, 6) is -0.446. The van der Waals surface area contributed by atoms with Crippen molar-refractivity contribution in [1.29, 1.82) is 0 Å². The van der Waals surface area contributed by atoms with E-state index in [1.165, 1.54) is 0 Å². The maximum atomic E-state index is 12.9. The summed E-state index contributed by atoms with van der Waals surface area (Å²) in [7, 11) is 0. The Bertz CT molecular complexity index is 856. The Hall–Kier alpha value is -3.40. The van der Waals surface area contributed by atoms with Crippen LogP contribution in [-0.2, 0) is 16.0 Å². The SMILES string of the molecule is O=C(CCc1ccccc1)NCCNC(=O)C(c1ccccc1)c1ccccc1. The Balaban J connectivity index is 1.48. The molecular formula is C25H26N2O2. The number of carbonyl (C=O) groups excluding carboxylic acids is 2. The molecule has 3 rings (SSSR count). The van der Waals surface area contributed by atoms with Crippen LogP contribution in [0.3, 0.4) is 0 Å². The predicted octanol–water partition coefficient (Wildman–Crippen LogP) is 3.68. The third-order valence-corrected chi connectivity index (χ3v) is 4.76. The van der Waals surface area contributed by atoms with E-state index in [0.717, 1.165) is 16.7 Å². The highest BCUT2D eigenvalue weighted by atomic mass is 16.2. The number of hydrogen-bond acceptors (Lipinski definition) is 2. The fraction of sp³-hybridized carbons (Fsp3) is 0.200. The van der Waals surface area contributed by atoms with Crippen molar-refractivity contribution in [3.63, 3.8) is 0 Å². The molecule has 0 aliphatic rings. The maximum Gasteiger partial charge on any atom is 0.232 e. The van der Waals surface area contributed by atoms with Crippen LogP contribution in [0.5, 0.6) is 0 Å². The number of benzene rings is 3. The van der Waals surface area contributed by atoms with Crippen LogP contribution in [0, 0.1) is 0 Å². The standard InChI is InChI=1S/C25H26N2O2/c28-23(17-16-20-10-4-1-5-11-20)26-18-19-27-25(29)24(21-12-6-2-7-13-21)22-14-8-3-9-15-22/h1-15,24H,16-19H2,(H,26,28)(H,27,29). The first-order valence-electron chi connectivity index (χ1n) is 9.92. The van der Waals surface area contributed by atoms with E-state index in [9.17, 15) is 9.59 Å². The van der Waals surface area contributed by atoms with Gasteiger partial charge in [0.15, 0.2) is 0 Å². The highest BCUT2D eigenvalue weighted by Gasteiger charge is 2.21. The molecular weight excluding hydrogens is 360 g/mol. The summed E-state index contributed by atoms with van der Waals surface area (Å²) in [6.45, 7) is 0.807. The van der Waals surface area contributed by atoms with Crippen molar-refractivity contribution in [3.05, 3.63) is 108 Å². The van der Waals surface area contributed by atoms with Crippen LogP contribution in [0.4, 0.5) is 0 Å². The monoisotopic (exact) mass is 386 g/mol. The molecule has 0 aliphatic carbocycles. The molecule has 0 radical (unpaired) electrons. The number of amides is 2. The minimum atomic E-state index is -0.369. The van der Waals surface area contributed by atoms with Crippen LogP contribution < -0.4 is 10.6 Å². The second kappa shape index (κ2) is 10.8. The minimum Gasteiger partial charge on any atom is -0.354 e. The minimum absolute atomic E-state index is 0.00855. The first-order chi connectivity index (χ1) is 14.2. The summed E-state index contributed by atoms with van der Waals surface area (Å²) in [5, 5.41) is 5.83. The van der Waals surface area contributed by atoms with Gasteiger partial charge in [0.2, 0.25) is 11.8 Å². The van der Waals surface area contributed by atoms with E-state index in [2.05, 4.69) is 10.6 Å². The van der Waals surface area contributed by atoms with Gasteiger partial charge >= 0.3 is 0 Å². The molecule has 0 atom stereocenters. The van der Waals surface area contributed by atoms with Crippen molar-refractivity contribution in [3.8, 4) is 0 Å². The van der Waals surface area contributed by atoms with E-state index in [0.29, 0.717) is 25.9 Å². The predicted molar refractivity (Wildman–Crippen MR) is 116 cm³/mol. The number of nitrogens with one attached hydrogen (secondary N) is 2. The van der Waals surface area contributed by atoms with Gasteiger partial charge in [0, 0.05) is 19.5 Å². The summed E-state index contributed by atoms with van der Waals surface area (Å²) in [5.41, 5.74) is 3.04. The van der Waals surface area contributed by atoms with Crippen molar-refractivity contribution in [1.82, 2.24) is 10.6 Å². The van der Waals surface area contributed by atoms with Crippen molar-refractivity contribution < 1.29 is 9.59 Å². The molecule has 2 N–H and O–H groups in total. The number of aryl methyl sites for hydroxylation is 1. The molecule has 0 saturated carbocycles. The zero-order valence-corrected chi connectivity index (χ0v) is 16.4. The van der Waals surface area contributed by atoms with E-state index < -0.39 is 0 Å². The van der Waals surface area contributed by atoms with Crippen molar-refractivity contribution in [2.24, 2.45) is 0 Å². The van der Waals surface area contributed by atoms with Crippen LogP contribution in [0.15, 0.2) is 91.0 Å². The average Bonchev–Trinajstić information content (AvgIpc) is 2.78. The fourth-order valence-corrected chi connectivity index (χ4v) is 3.27. The van der Waals surface area contributed by atoms with Gasteiger partial charge in [-0.1, -0.05) is 91.0 Å². The van der Waals surface area contributed by atoms with E-state index in [1.807, 2.05) is 91.0 Å². The first-order valence-corrected chi connectivity index (χ1v) is 9.92. The van der Waals surface area contributed by atoms with Gasteiger partial charge in [-0.15, -0.1) is 0 Å². The van der Waals surface area contributed by atoms with Crippen molar-refractivity contribution >= 4 is 11.8 Å². The van der Waals surface area contributed by atoms with Crippen LogP contribution in [0.2, 0.25) is 0 Å². The van der Waals surface area contributed by atoms with E-state index >= 15 is 0 Å². The summed E-state index contributed by atoms with van der Waals surface area (Å²) in [6.07, 6.45) is 1.15. The highest BCUT2D eigenvalue weighted by Crippen LogP contribution is 2.24. The van der Waals surface area contributed by atoms with Gasteiger partial charge in [-0.2, -0.15) is 0 Å². The summed E-state index contributed by atoms with van der Waals surface area (Å²) >= 11 is 0. The molecule has 0 saturated heterocycles. The van der Waals surface area contributed by atoms with Crippen LogP contribution in [-0.4, -0.2) is 24.9 Å². The lowest BCUT2D eigenvalue weighted by molar-refractivity contribution is -0.123. The Morgan fingerprint density at radius 1 is 0.655 bits per heavy atom. The van der Waals surface area contributed by atoms with E-state index in [1.54, 1.807) is 0 Å². The number of hydrogen-bond donors (Lipinski definition) is 2. The molecule has 148 valence electrons. The van der Waals surface area contributed by atoms with Gasteiger partial charge in [-0.25, -0.2) is 0 Å². The normalized spacial score (nSPS) is 10.5. The molecule has 4 nitrogen and oxygen atoms in total. The lowest BCUT2D eigenvalue weighted by atomic mass is 9.90. The fourth-order valence-electron chi connectivity index (χ4n) is 3.27. The van der Waals surface area contributed by atoms with Crippen LogP contribution >= 0.6 is 0 Å². The number of rotatable bonds is 9. The summed E-state index contributed by atoms with van der Waals surface area (Å²) in [6, 6.07) is 29.4. The molecule has 0 aromatic heterocycles. The molecule has 3 aromatic rings. The van der Waals surface area contributed by atoms with Gasteiger partial charge in [0.25, 0.3) is 0 Å². The van der Waals surface area contributed by atoms with Crippen molar-refractivity contribution in [2.75, 3.05) is 13.1 Å². The molecule has 29 heavy (non-hydrogen) atoms. The lowest BCUT2D eigenvalue weighted by Gasteiger charge is -2.18. The molecule has 0 bridgehead atoms. The number of carbonyl (C=O) groups is 2. The summed E-state index contributed by atoms with van der Waals surface area (Å²) in [4.78, 5) is 24.9. The molecule has 4 heteroatoms. The Morgan fingerprint density at radius 2 is 1.14 bits per heavy atom. The first kappa shape index (κ1) is 20.3. The van der Waals surface area contributed by atoms with E-state index in [4.69, 9.17) is 0 Å². The van der Waals surface area contributed by atoms with Gasteiger partial charge in [0.1, 0.15) is 0 Å². The average molecular weight is 386 g/mol. The Labute approximate surface area is 172 Å². The molecule has 0 unspecified atom stereocenters. The Kier molecular flexibility index (Phi) is 7.58. The van der Waals surface area contributed by atoms with Crippen LogP contribution in [0.25, 0.3) is 0 Å². The topological polar surface area (TPSA) is 58.2 Å². The second-order valence-electron chi connectivity index (χ2n) is 6.88. The molecule has 0 heterocycles. The zero-order valence-electron chi connectivity index (χ0n) is 16.4. The quantitative estimate of drug-likeness (QED) is 0.551. The van der Waals surface area contributed by atoms with Gasteiger partial charge < -0.3 is 10.6 Å². The zero-order chi connectivity index (χ0) is 20.3. The van der Waals surface area contributed by atoms with Gasteiger partial charge in [0.05, 0.1) is 5.92 Å². The van der Waals surface area contributed by atoms with Gasteiger partial charge in [-0.3, -0.25) is 9.59 Å². The summed E-state index contributed by atoms with van der Waals surface area (Å²) < 4.78 is 0. The van der Waals surface area contributed by atoms with Crippen LogP contribution in [0.1, 0.15) is 29.0 Å². The third-order valence-electron chi connectivity index (χ3n) is 4.76. The molecule has 2 amide bonds. The molecule has 0 fully saturated rings. The second-order valence-corrected chi connectivity index (χ2v) is 6.88. The molecule has 0 aliphatic heterocycles. The third kappa shape index (κ3) is 6.32. The largest absolute Gasteiger partial charge is 0.354 e. The molecule has 0 spiro atoms. The lowest BCUT2D eigenvalue weighted by Crippen LogP contribution is -2.37. The smallest absolute Gasteiger partial charge is 0.232 e. The van der Waals surface area contributed by atoms with Gasteiger partial charge in [-0.05, 0) is 23.1 Å². The highest BCUT2D eigenvalue weighted by molar-refractivity contribution is 5.87.